The summed E-state index contributed by atoms with van der Waals surface area (Å²) in [4.78, 5) is 0. The van der Waals surface area contributed by atoms with E-state index < -0.39 is 0 Å². The lowest BCUT2D eigenvalue weighted by Gasteiger charge is -2.33. The van der Waals surface area contributed by atoms with E-state index in [1.165, 1.54) is 31.7 Å². The highest BCUT2D eigenvalue weighted by Gasteiger charge is 2.26. The molecule has 1 saturated carbocycles. The third kappa shape index (κ3) is 4.03. The zero-order chi connectivity index (χ0) is 13.8. The van der Waals surface area contributed by atoms with Crippen LogP contribution >= 0.6 is 15.9 Å². The quantitative estimate of drug-likeness (QED) is 0.855. The van der Waals surface area contributed by atoms with Crippen LogP contribution < -0.4 is 5.32 Å². The monoisotopic (exact) mass is 327 g/mol. The van der Waals surface area contributed by atoms with Crippen LogP contribution in [0, 0.1) is 17.7 Å². The standard InChI is InChI=1S/C16H23BrFN/c1-11-4-3-5-12(8-11)16(19-2)10-13-9-14(18)6-7-15(13)17/h6-7,9,11-12,16,19H,3-5,8,10H2,1-2H3. The average molecular weight is 328 g/mol. The van der Waals surface area contributed by atoms with Crippen molar-refractivity contribution in [1.82, 2.24) is 5.32 Å². The van der Waals surface area contributed by atoms with Crippen molar-refractivity contribution in [1.29, 1.82) is 0 Å². The summed E-state index contributed by atoms with van der Waals surface area (Å²) in [6.45, 7) is 2.34. The number of hydrogen-bond acceptors (Lipinski definition) is 1. The molecule has 0 saturated heterocycles. The molecule has 3 heteroatoms. The van der Waals surface area contributed by atoms with E-state index in [4.69, 9.17) is 0 Å². The third-order valence-corrected chi connectivity index (χ3v) is 5.14. The molecule has 3 atom stereocenters. The van der Waals surface area contributed by atoms with Gasteiger partial charge in [0.15, 0.2) is 0 Å². The lowest BCUT2D eigenvalue weighted by atomic mass is 9.77. The summed E-state index contributed by atoms with van der Waals surface area (Å²) in [6.07, 6.45) is 6.17. The van der Waals surface area contributed by atoms with Crippen LogP contribution in [-0.2, 0) is 6.42 Å². The first-order valence-electron chi connectivity index (χ1n) is 7.21. The molecule has 0 bridgehead atoms. The zero-order valence-corrected chi connectivity index (χ0v) is 13.3. The maximum absolute atomic E-state index is 13.4. The molecule has 3 unspecified atom stereocenters. The van der Waals surface area contributed by atoms with Gasteiger partial charge in [0.1, 0.15) is 5.82 Å². The van der Waals surface area contributed by atoms with Crippen molar-refractivity contribution in [2.24, 2.45) is 11.8 Å². The van der Waals surface area contributed by atoms with Gasteiger partial charge < -0.3 is 5.32 Å². The molecule has 1 fully saturated rings. The Morgan fingerprint density at radius 3 is 2.89 bits per heavy atom. The molecule has 1 aromatic rings. The molecule has 0 heterocycles. The van der Waals surface area contributed by atoms with Gasteiger partial charge >= 0.3 is 0 Å². The second kappa shape index (κ2) is 6.85. The number of halogens is 2. The summed E-state index contributed by atoms with van der Waals surface area (Å²) >= 11 is 3.53. The number of nitrogens with one attached hydrogen (secondary N) is 1. The second-order valence-electron chi connectivity index (χ2n) is 5.87. The minimum atomic E-state index is -0.148. The average Bonchev–Trinajstić information content (AvgIpc) is 2.39. The van der Waals surface area contributed by atoms with Gasteiger partial charge in [-0.3, -0.25) is 0 Å². The molecule has 0 aliphatic heterocycles. The first kappa shape index (κ1) is 15.0. The first-order chi connectivity index (χ1) is 9.10. The van der Waals surface area contributed by atoms with Gasteiger partial charge in [0, 0.05) is 10.5 Å². The van der Waals surface area contributed by atoms with E-state index in [0.29, 0.717) is 12.0 Å². The molecule has 1 nitrogen and oxygen atoms in total. The van der Waals surface area contributed by atoms with E-state index in [9.17, 15) is 4.39 Å². The van der Waals surface area contributed by atoms with Crippen molar-refractivity contribution >= 4 is 15.9 Å². The molecule has 0 amide bonds. The van der Waals surface area contributed by atoms with Crippen molar-refractivity contribution in [2.45, 2.75) is 45.1 Å². The Morgan fingerprint density at radius 2 is 2.21 bits per heavy atom. The Kier molecular flexibility index (Phi) is 5.40. The fourth-order valence-corrected chi connectivity index (χ4v) is 3.70. The van der Waals surface area contributed by atoms with E-state index >= 15 is 0 Å². The van der Waals surface area contributed by atoms with Crippen LogP contribution in [0.1, 0.15) is 38.2 Å². The van der Waals surface area contributed by atoms with Gasteiger partial charge in [0.2, 0.25) is 0 Å². The molecule has 1 aliphatic carbocycles. The molecule has 106 valence electrons. The Balaban J connectivity index is 2.07. The summed E-state index contributed by atoms with van der Waals surface area (Å²) in [5.74, 6) is 1.39. The number of hydrogen-bond donors (Lipinski definition) is 1. The Bertz CT molecular complexity index is 421. The summed E-state index contributed by atoms with van der Waals surface area (Å²) < 4.78 is 14.4. The number of benzene rings is 1. The van der Waals surface area contributed by atoms with E-state index in [-0.39, 0.29) is 5.82 Å². The van der Waals surface area contributed by atoms with Gasteiger partial charge in [0.05, 0.1) is 0 Å². The molecular weight excluding hydrogens is 305 g/mol. The first-order valence-corrected chi connectivity index (χ1v) is 8.00. The Labute approximate surface area is 124 Å². The molecule has 19 heavy (non-hydrogen) atoms. The molecule has 1 aliphatic rings. The van der Waals surface area contributed by atoms with Crippen LogP contribution in [0.5, 0.6) is 0 Å². The zero-order valence-electron chi connectivity index (χ0n) is 11.8. The van der Waals surface area contributed by atoms with Gasteiger partial charge in [-0.15, -0.1) is 0 Å². The van der Waals surface area contributed by atoms with Crippen molar-refractivity contribution in [3.63, 3.8) is 0 Å². The van der Waals surface area contributed by atoms with Gasteiger partial charge in [0.25, 0.3) is 0 Å². The maximum atomic E-state index is 13.4. The second-order valence-corrected chi connectivity index (χ2v) is 6.72. The Morgan fingerprint density at radius 1 is 1.42 bits per heavy atom. The molecule has 1 aromatic carbocycles. The van der Waals surface area contributed by atoms with Crippen LogP contribution in [0.3, 0.4) is 0 Å². The van der Waals surface area contributed by atoms with Gasteiger partial charge in [-0.1, -0.05) is 35.7 Å². The number of likely N-dealkylation sites (N-methyl/N-ethyl adjacent to an activating group) is 1. The van der Waals surface area contributed by atoms with Crippen molar-refractivity contribution in [3.8, 4) is 0 Å². The lowest BCUT2D eigenvalue weighted by Crippen LogP contribution is -2.38. The molecule has 2 rings (SSSR count). The van der Waals surface area contributed by atoms with Crippen molar-refractivity contribution in [3.05, 3.63) is 34.1 Å². The van der Waals surface area contributed by atoms with E-state index in [1.807, 2.05) is 7.05 Å². The fourth-order valence-electron chi connectivity index (χ4n) is 3.29. The minimum Gasteiger partial charge on any atom is -0.316 e. The number of rotatable bonds is 4. The molecule has 1 N–H and O–H groups in total. The highest BCUT2D eigenvalue weighted by Crippen LogP contribution is 2.32. The van der Waals surface area contributed by atoms with Crippen LogP contribution in [0.2, 0.25) is 0 Å². The highest BCUT2D eigenvalue weighted by atomic mass is 79.9. The molecule has 0 spiro atoms. The topological polar surface area (TPSA) is 12.0 Å². The van der Waals surface area contributed by atoms with Gasteiger partial charge in [-0.2, -0.15) is 0 Å². The fraction of sp³-hybridized carbons (Fsp3) is 0.625. The smallest absolute Gasteiger partial charge is 0.123 e. The van der Waals surface area contributed by atoms with Crippen LogP contribution in [-0.4, -0.2) is 13.1 Å². The summed E-state index contributed by atoms with van der Waals surface area (Å²) in [5.41, 5.74) is 1.07. The predicted molar refractivity (Wildman–Crippen MR) is 81.8 cm³/mol. The van der Waals surface area contributed by atoms with Crippen LogP contribution in [0.4, 0.5) is 4.39 Å². The van der Waals surface area contributed by atoms with E-state index in [2.05, 4.69) is 28.2 Å². The summed E-state index contributed by atoms with van der Waals surface area (Å²) in [5, 5.41) is 3.44. The van der Waals surface area contributed by atoms with E-state index in [0.717, 1.165) is 22.4 Å². The predicted octanol–water partition coefficient (Wildman–Crippen LogP) is 4.55. The van der Waals surface area contributed by atoms with Gasteiger partial charge in [-0.25, -0.2) is 4.39 Å². The summed E-state index contributed by atoms with van der Waals surface area (Å²) in [6, 6.07) is 5.41. The van der Waals surface area contributed by atoms with Crippen molar-refractivity contribution in [2.75, 3.05) is 7.05 Å². The minimum absolute atomic E-state index is 0.148. The molecular formula is C16H23BrFN. The normalized spacial score (nSPS) is 25.3. The van der Waals surface area contributed by atoms with Crippen molar-refractivity contribution < 1.29 is 4.39 Å². The third-order valence-electron chi connectivity index (χ3n) is 4.36. The maximum Gasteiger partial charge on any atom is 0.123 e. The van der Waals surface area contributed by atoms with Gasteiger partial charge in [-0.05, 0) is 61.9 Å². The highest BCUT2D eigenvalue weighted by molar-refractivity contribution is 9.10. The molecule has 0 aromatic heterocycles. The van der Waals surface area contributed by atoms with Crippen LogP contribution in [0.15, 0.2) is 22.7 Å². The van der Waals surface area contributed by atoms with Crippen LogP contribution in [0.25, 0.3) is 0 Å². The Hall–Kier alpha value is -0.410. The largest absolute Gasteiger partial charge is 0.316 e. The molecule has 0 radical (unpaired) electrons. The lowest BCUT2D eigenvalue weighted by molar-refractivity contribution is 0.227. The van der Waals surface area contributed by atoms with E-state index in [1.54, 1.807) is 12.1 Å². The summed E-state index contributed by atoms with van der Waals surface area (Å²) in [7, 11) is 2.02. The SMILES string of the molecule is CNC(Cc1cc(F)ccc1Br)C1CCCC(C)C1.